The van der Waals surface area contributed by atoms with Gasteiger partial charge in [0, 0.05) is 31.1 Å². The summed E-state index contributed by atoms with van der Waals surface area (Å²) in [5.74, 6) is 0.948. The highest BCUT2D eigenvalue weighted by atomic mass is 16.6. The van der Waals surface area contributed by atoms with Crippen LogP contribution in [0.25, 0.3) is 0 Å². The standard InChI is InChI=1S/C14H16N2O3/c1-11(15-9-8-14-3-2-10-19-14)12-4-6-13(7-5-12)16(17)18/h2-7,10-11,15H,8-9H2,1H3. The van der Waals surface area contributed by atoms with E-state index in [2.05, 4.69) is 5.32 Å². The molecule has 0 saturated heterocycles. The predicted octanol–water partition coefficient (Wildman–Crippen LogP) is 3.08. The lowest BCUT2D eigenvalue weighted by molar-refractivity contribution is -0.384. The van der Waals surface area contributed by atoms with Gasteiger partial charge in [0.1, 0.15) is 5.76 Å². The van der Waals surface area contributed by atoms with Gasteiger partial charge in [-0.25, -0.2) is 0 Å². The summed E-state index contributed by atoms with van der Waals surface area (Å²) in [6, 6.07) is 10.6. The molecule has 2 aromatic rings. The number of nitro groups is 1. The van der Waals surface area contributed by atoms with Crippen molar-refractivity contribution >= 4 is 5.69 Å². The van der Waals surface area contributed by atoms with Gasteiger partial charge < -0.3 is 9.73 Å². The first-order valence-electron chi connectivity index (χ1n) is 6.17. The van der Waals surface area contributed by atoms with Crippen molar-refractivity contribution in [2.45, 2.75) is 19.4 Å². The molecular weight excluding hydrogens is 244 g/mol. The largest absolute Gasteiger partial charge is 0.469 e. The second kappa shape index (κ2) is 6.15. The van der Waals surface area contributed by atoms with Gasteiger partial charge in [0.15, 0.2) is 0 Å². The van der Waals surface area contributed by atoms with Gasteiger partial charge in [-0.15, -0.1) is 0 Å². The summed E-state index contributed by atoms with van der Waals surface area (Å²) in [5.41, 5.74) is 1.15. The van der Waals surface area contributed by atoms with Crippen molar-refractivity contribution in [2.24, 2.45) is 0 Å². The Kier molecular flexibility index (Phi) is 4.30. The first-order valence-corrected chi connectivity index (χ1v) is 6.17. The number of rotatable bonds is 6. The first-order chi connectivity index (χ1) is 9.16. The van der Waals surface area contributed by atoms with Crippen molar-refractivity contribution in [3.63, 3.8) is 0 Å². The molecule has 5 heteroatoms. The number of nitro benzene ring substituents is 1. The number of hydrogen-bond acceptors (Lipinski definition) is 4. The molecule has 1 atom stereocenters. The van der Waals surface area contributed by atoms with Crippen LogP contribution in [0.1, 0.15) is 24.3 Å². The summed E-state index contributed by atoms with van der Waals surface area (Å²) in [4.78, 5) is 10.2. The van der Waals surface area contributed by atoms with E-state index in [1.54, 1.807) is 18.4 Å². The minimum Gasteiger partial charge on any atom is -0.469 e. The van der Waals surface area contributed by atoms with Gasteiger partial charge in [-0.05, 0) is 24.6 Å². The maximum atomic E-state index is 10.6. The van der Waals surface area contributed by atoms with Gasteiger partial charge in [-0.3, -0.25) is 10.1 Å². The number of hydrogen-bond donors (Lipinski definition) is 1. The number of nitrogens with zero attached hydrogens (tertiary/aromatic N) is 1. The smallest absolute Gasteiger partial charge is 0.269 e. The molecule has 1 N–H and O–H groups in total. The van der Waals surface area contributed by atoms with E-state index in [4.69, 9.17) is 4.42 Å². The summed E-state index contributed by atoms with van der Waals surface area (Å²) in [6.45, 7) is 2.83. The third kappa shape index (κ3) is 3.66. The SMILES string of the molecule is CC(NCCc1ccco1)c1ccc([N+](=O)[O-])cc1. The molecule has 2 rings (SSSR count). The Balaban J connectivity index is 1.85. The van der Waals surface area contributed by atoms with Crippen LogP contribution < -0.4 is 5.32 Å². The molecule has 1 aromatic heterocycles. The maximum Gasteiger partial charge on any atom is 0.269 e. The molecule has 1 heterocycles. The monoisotopic (exact) mass is 260 g/mol. The number of furan rings is 1. The Bertz CT molecular complexity index is 520. The van der Waals surface area contributed by atoms with Gasteiger partial charge in [-0.2, -0.15) is 0 Å². The van der Waals surface area contributed by atoms with Crippen LogP contribution in [0.5, 0.6) is 0 Å². The highest BCUT2D eigenvalue weighted by Gasteiger charge is 2.08. The normalized spacial score (nSPS) is 12.3. The predicted molar refractivity (Wildman–Crippen MR) is 71.9 cm³/mol. The fourth-order valence-electron chi connectivity index (χ4n) is 1.87. The van der Waals surface area contributed by atoms with Crippen molar-refractivity contribution in [3.8, 4) is 0 Å². The van der Waals surface area contributed by atoms with Crippen LogP contribution >= 0.6 is 0 Å². The van der Waals surface area contributed by atoms with E-state index < -0.39 is 4.92 Å². The van der Waals surface area contributed by atoms with E-state index in [1.165, 1.54) is 12.1 Å². The Hall–Kier alpha value is -2.14. The van der Waals surface area contributed by atoms with Crippen molar-refractivity contribution < 1.29 is 9.34 Å². The Labute approximate surface area is 111 Å². The third-order valence-corrected chi connectivity index (χ3v) is 3.01. The highest BCUT2D eigenvalue weighted by molar-refractivity contribution is 5.34. The zero-order valence-electron chi connectivity index (χ0n) is 10.7. The molecule has 19 heavy (non-hydrogen) atoms. The van der Waals surface area contributed by atoms with Crippen LogP contribution in [0, 0.1) is 10.1 Å². The zero-order valence-corrected chi connectivity index (χ0v) is 10.7. The molecular formula is C14H16N2O3. The van der Waals surface area contributed by atoms with E-state index in [0.717, 1.165) is 24.3 Å². The minimum atomic E-state index is -0.390. The highest BCUT2D eigenvalue weighted by Crippen LogP contribution is 2.17. The van der Waals surface area contributed by atoms with Crippen LogP contribution in [-0.4, -0.2) is 11.5 Å². The van der Waals surface area contributed by atoms with Crippen LogP contribution in [0.15, 0.2) is 47.1 Å². The fraction of sp³-hybridized carbons (Fsp3) is 0.286. The summed E-state index contributed by atoms with van der Waals surface area (Å²) < 4.78 is 5.25. The molecule has 0 radical (unpaired) electrons. The number of nitrogens with one attached hydrogen (secondary N) is 1. The van der Waals surface area contributed by atoms with Crippen molar-refractivity contribution in [3.05, 3.63) is 64.1 Å². The van der Waals surface area contributed by atoms with E-state index in [0.29, 0.717) is 0 Å². The number of non-ortho nitro benzene ring substituents is 1. The second-order valence-corrected chi connectivity index (χ2v) is 4.35. The van der Waals surface area contributed by atoms with Crippen molar-refractivity contribution in [1.82, 2.24) is 5.32 Å². The lowest BCUT2D eigenvalue weighted by Gasteiger charge is -2.13. The Morgan fingerprint density at radius 1 is 1.32 bits per heavy atom. The lowest BCUT2D eigenvalue weighted by atomic mass is 10.1. The third-order valence-electron chi connectivity index (χ3n) is 3.01. The van der Waals surface area contributed by atoms with Crippen LogP contribution in [-0.2, 0) is 6.42 Å². The van der Waals surface area contributed by atoms with Gasteiger partial charge >= 0.3 is 0 Å². The molecule has 1 aromatic carbocycles. The van der Waals surface area contributed by atoms with E-state index in [1.807, 2.05) is 19.1 Å². The quantitative estimate of drug-likeness (QED) is 0.640. The van der Waals surface area contributed by atoms with Crippen LogP contribution in [0.4, 0.5) is 5.69 Å². The first kappa shape index (κ1) is 13.3. The van der Waals surface area contributed by atoms with Crippen molar-refractivity contribution in [1.29, 1.82) is 0 Å². The molecule has 100 valence electrons. The van der Waals surface area contributed by atoms with E-state index in [9.17, 15) is 10.1 Å². The average Bonchev–Trinajstić information content (AvgIpc) is 2.92. The molecule has 1 unspecified atom stereocenters. The Morgan fingerprint density at radius 2 is 2.05 bits per heavy atom. The molecule has 0 spiro atoms. The van der Waals surface area contributed by atoms with Crippen LogP contribution in [0.3, 0.4) is 0 Å². The summed E-state index contributed by atoms with van der Waals surface area (Å²) in [6.07, 6.45) is 2.49. The summed E-state index contributed by atoms with van der Waals surface area (Å²) in [7, 11) is 0. The molecule has 0 amide bonds. The van der Waals surface area contributed by atoms with Gasteiger partial charge in [0.05, 0.1) is 11.2 Å². The van der Waals surface area contributed by atoms with Crippen molar-refractivity contribution in [2.75, 3.05) is 6.54 Å². The second-order valence-electron chi connectivity index (χ2n) is 4.35. The molecule has 0 aliphatic carbocycles. The van der Waals surface area contributed by atoms with Gasteiger partial charge in [0.2, 0.25) is 0 Å². The van der Waals surface area contributed by atoms with E-state index in [-0.39, 0.29) is 11.7 Å². The fourth-order valence-corrected chi connectivity index (χ4v) is 1.87. The van der Waals surface area contributed by atoms with Crippen LogP contribution in [0.2, 0.25) is 0 Å². The topological polar surface area (TPSA) is 68.3 Å². The lowest BCUT2D eigenvalue weighted by Crippen LogP contribution is -2.21. The minimum absolute atomic E-state index is 0.117. The maximum absolute atomic E-state index is 10.6. The molecule has 0 aliphatic heterocycles. The summed E-state index contributed by atoms with van der Waals surface area (Å²) >= 11 is 0. The molecule has 0 aliphatic rings. The molecule has 0 saturated carbocycles. The molecule has 0 bridgehead atoms. The molecule has 0 fully saturated rings. The average molecular weight is 260 g/mol. The Morgan fingerprint density at radius 3 is 2.63 bits per heavy atom. The van der Waals surface area contributed by atoms with Gasteiger partial charge in [0.25, 0.3) is 5.69 Å². The van der Waals surface area contributed by atoms with Gasteiger partial charge in [-0.1, -0.05) is 12.1 Å². The van der Waals surface area contributed by atoms with E-state index >= 15 is 0 Å². The summed E-state index contributed by atoms with van der Waals surface area (Å²) in [5, 5.41) is 13.9. The number of benzene rings is 1. The molecule has 5 nitrogen and oxygen atoms in total. The zero-order chi connectivity index (χ0) is 13.7.